The Morgan fingerprint density at radius 1 is 1.15 bits per heavy atom. The van der Waals surface area contributed by atoms with E-state index in [-0.39, 0.29) is 10.5 Å². The summed E-state index contributed by atoms with van der Waals surface area (Å²) in [5.41, 5.74) is 0.237. The van der Waals surface area contributed by atoms with Crippen molar-refractivity contribution in [3.8, 4) is 17.6 Å². The Morgan fingerprint density at radius 2 is 1.80 bits per heavy atom. The molecule has 0 heterocycles. The molecule has 0 aliphatic heterocycles. The molecule has 2 aromatic rings. The number of rotatable bonds is 3. The van der Waals surface area contributed by atoms with Crippen LogP contribution in [0.5, 0.6) is 11.5 Å². The van der Waals surface area contributed by atoms with E-state index < -0.39 is 9.84 Å². The Balaban J connectivity index is 2.32. The van der Waals surface area contributed by atoms with E-state index in [0.717, 1.165) is 6.26 Å². The van der Waals surface area contributed by atoms with Crippen LogP contribution >= 0.6 is 11.6 Å². The van der Waals surface area contributed by atoms with E-state index in [9.17, 15) is 8.42 Å². The molecule has 0 amide bonds. The van der Waals surface area contributed by atoms with E-state index in [4.69, 9.17) is 21.6 Å². The SMILES string of the molecule is CS(=O)(=O)c1ccc(Oc2cccc(Cl)c2C#N)cc1. The van der Waals surface area contributed by atoms with Gasteiger partial charge in [-0.25, -0.2) is 8.42 Å². The Hall–Kier alpha value is -2.03. The molecule has 0 saturated carbocycles. The van der Waals surface area contributed by atoms with Crippen molar-refractivity contribution >= 4 is 21.4 Å². The van der Waals surface area contributed by atoms with Gasteiger partial charge in [0.15, 0.2) is 9.84 Å². The van der Waals surface area contributed by atoms with Crippen LogP contribution in [0.2, 0.25) is 5.02 Å². The van der Waals surface area contributed by atoms with Crippen LogP contribution in [-0.4, -0.2) is 14.7 Å². The number of sulfone groups is 1. The summed E-state index contributed by atoms with van der Waals surface area (Å²) in [7, 11) is -3.24. The first kappa shape index (κ1) is 14.4. The molecule has 0 unspecified atom stereocenters. The molecule has 0 atom stereocenters. The number of nitriles is 1. The molecule has 0 fully saturated rings. The third kappa shape index (κ3) is 3.10. The number of hydrogen-bond donors (Lipinski definition) is 0. The Labute approximate surface area is 122 Å². The molecule has 2 rings (SSSR count). The fourth-order valence-corrected chi connectivity index (χ4v) is 2.42. The fraction of sp³-hybridized carbons (Fsp3) is 0.0714. The first-order valence-corrected chi connectivity index (χ1v) is 7.85. The fourth-order valence-electron chi connectivity index (χ4n) is 1.58. The van der Waals surface area contributed by atoms with Gasteiger partial charge >= 0.3 is 0 Å². The monoisotopic (exact) mass is 307 g/mol. The maximum Gasteiger partial charge on any atom is 0.175 e. The maximum atomic E-state index is 11.3. The van der Waals surface area contributed by atoms with Gasteiger partial charge in [0.1, 0.15) is 23.1 Å². The lowest BCUT2D eigenvalue weighted by Crippen LogP contribution is -1.96. The molecular weight excluding hydrogens is 298 g/mol. The first-order chi connectivity index (χ1) is 9.41. The molecule has 2 aromatic carbocycles. The van der Waals surface area contributed by atoms with Crippen LogP contribution in [0, 0.1) is 11.3 Å². The van der Waals surface area contributed by atoms with Gasteiger partial charge in [-0.3, -0.25) is 0 Å². The molecule has 0 saturated heterocycles. The first-order valence-electron chi connectivity index (χ1n) is 5.58. The van der Waals surface area contributed by atoms with Gasteiger partial charge in [-0.15, -0.1) is 0 Å². The minimum absolute atomic E-state index is 0.205. The number of hydrogen-bond acceptors (Lipinski definition) is 4. The Morgan fingerprint density at radius 3 is 2.35 bits per heavy atom. The highest BCUT2D eigenvalue weighted by Gasteiger charge is 2.10. The van der Waals surface area contributed by atoms with E-state index in [0.29, 0.717) is 16.5 Å². The highest BCUT2D eigenvalue weighted by molar-refractivity contribution is 7.90. The van der Waals surface area contributed by atoms with Crippen molar-refractivity contribution in [2.75, 3.05) is 6.26 Å². The second-order valence-electron chi connectivity index (χ2n) is 4.07. The van der Waals surface area contributed by atoms with Crippen LogP contribution in [0.25, 0.3) is 0 Å². The summed E-state index contributed by atoms with van der Waals surface area (Å²) in [6, 6.07) is 12.8. The van der Waals surface area contributed by atoms with Crippen molar-refractivity contribution in [1.29, 1.82) is 5.26 Å². The van der Waals surface area contributed by atoms with E-state index in [1.165, 1.54) is 24.3 Å². The van der Waals surface area contributed by atoms with Gasteiger partial charge in [0.2, 0.25) is 0 Å². The molecule has 0 radical (unpaired) electrons. The van der Waals surface area contributed by atoms with Gasteiger partial charge < -0.3 is 4.74 Å². The van der Waals surface area contributed by atoms with Crippen molar-refractivity contribution in [1.82, 2.24) is 0 Å². The largest absolute Gasteiger partial charge is 0.456 e. The average Bonchev–Trinajstić information content (AvgIpc) is 2.38. The molecule has 6 heteroatoms. The number of ether oxygens (including phenoxy) is 1. The van der Waals surface area contributed by atoms with E-state index in [1.807, 2.05) is 6.07 Å². The van der Waals surface area contributed by atoms with Gasteiger partial charge in [-0.1, -0.05) is 17.7 Å². The van der Waals surface area contributed by atoms with Crippen molar-refractivity contribution in [3.05, 3.63) is 53.1 Å². The summed E-state index contributed by atoms with van der Waals surface area (Å²) in [5, 5.41) is 9.34. The summed E-state index contributed by atoms with van der Waals surface area (Å²) in [6.45, 7) is 0. The zero-order chi connectivity index (χ0) is 14.8. The van der Waals surface area contributed by atoms with Gasteiger partial charge in [0.05, 0.1) is 9.92 Å². The smallest absolute Gasteiger partial charge is 0.175 e. The van der Waals surface area contributed by atoms with Crippen molar-refractivity contribution < 1.29 is 13.2 Å². The normalized spacial score (nSPS) is 10.8. The Bertz CT molecular complexity index is 777. The van der Waals surface area contributed by atoms with Crippen LogP contribution in [0.15, 0.2) is 47.4 Å². The standard InChI is InChI=1S/C14H10ClNO3S/c1-20(17,18)11-7-5-10(6-8-11)19-14-4-2-3-13(15)12(14)9-16/h2-8H,1H3. The van der Waals surface area contributed by atoms with E-state index >= 15 is 0 Å². The highest BCUT2D eigenvalue weighted by atomic mass is 35.5. The molecule has 0 bridgehead atoms. The Kier molecular flexibility index (Phi) is 3.98. The topological polar surface area (TPSA) is 67.2 Å². The molecule has 4 nitrogen and oxygen atoms in total. The molecule has 0 spiro atoms. The predicted octanol–water partition coefficient (Wildman–Crippen LogP) is 3.41. The van der Waals surface area contributed by atoms with E-state index in [1.54, 1.807) is 18.2 Å². The molecule has 0 aliphatic rings. The van der Waals surface area contributed by atoms with Gasteiger partial charge in [-0.2, -0.15) is 5.26 Å². The zero-order valence-corrected chi connectivity index (χ0v) is 12.1. The average molecular weight is 308 g/mol. The summed E-state index contributed by atoms with van der Waals surface area (Å²) in [4.78, 5) is 0.205. The molecule has 0 N–H and O–H groups in total. The van der Waals surface area contributed by atoms with Crippen LogP contribution in [0.1, 0.15) is 5.56 Å². The van der Waals surface area contributed by atoms with Crippen molar-refractivity contribution in [2.45, 2.75) is 4.90 Å². The number of halogens is 1. The lowest BCUT2D eigenvalue weighted by molar-refractivity contribution is 0.480. The third-order valence-corrected chi connectivity index (χ3v) is 4.01. The molecule has 102 valence electrons. The summed E-state index contributed by atoms with van der Waals surface area (Å²) >= 11 is 5.90. The molecule has 0 aliphatic carbocycles. The number of nitrogens with zero attached hydrogens (tertiary/aromatic N) is 1. The second-order valence-corrected chi connectivity index (χ2v) is 6.49. The summed E-state index contributed by atoms with van der Waals surface area (Å²) in [5.74, 6) is 0.753. The zero-order valence-electron chi connectivity index (χ0n) is 10.5. The van der Waals surface area contributed by atoms with Crippen LogP contribution in [0.4, 0.5) is 0 Å². The van der Waals surface area contributed by atoms with Gasteiger partial charge in [0, 0.05) is 6.26 Å². The third-order valence-electron chi connectivity index (χ3n) is 2.57. The lowest BCUT2D eigenvalue weighted by Gasteiger charge is -2.08. The lowest BCUT2D eigenvalue weighted by atomic mass is 10.2. The minimum atomic E-state index is -3.24. The predicted molar refractivity (Wildman–Crippen MR) is 75.8 cm³/mol. The van der Waals surface area contributed by atoms with Crippen LogP contribution in [0.3, 0.4) is 0 Å². The summed E-state index contributed by atoms with van der Waals surface area (Å²) < 4.78 is 28.2. The molecular formula is C14H10ClNO3S. The minimum Gasteiger partial charge on any atom is -0.456 e. The maximum absolute atomic E-state index is 11.3. The van der Waals surface area contributed by atoms with Gasteiger partial charge in [-0.05, 0) is 36.4 Å². The summed E-state index contributed by atoms with van der Waals surface area (Å²) in [6.07, 6.45) is 1.13. The van der Waals surface area contributed by atoms with Gasteiger partial charge in [0.25, 0.3) is 0 Å². The number of benzene rings is 2. The molecule has 20 heavy (non-hydrogen) atoms. The van der Waals surface area contributed by atoms with E-state index in [2.05, 4.69) is 0 Å². The van der Waals surface area contributed by atoms with Crippen molar-refractivity contribution in [3.63, 3.8) is 0 Å². The van der Waals surface area contributed by atoms with Crippen LogP contribution in [-0.2, 0) is 9.84 Å². The highest BCUT2D eigenvalue weighted by Crippen LogP contribution is 2.30. The quantitative estimate of drug-likeness (QED) is 0.871. The van der Waals surface area contributed by atoms with Crippen LogP contribution < -0.4 is 4.74 Å². The second kappa shape index (κ2) is 5.53. The van der Waals surface area contributed by atoms with Crippen molar-refractivity contribution in [2.24, 2.45) is 0 Å². The molecule has 0 aromatic heterocycles.